The summed E-state index contributed by atoms with van der Waals surface area (Å²) in [7, 11) is -3.80. The lowest BCUT2D eigenvalue weighted by Gasteiger charge is -2.13. The second kappa shape index (κ2) is 8.58. The van der Waals surface area contributed by atoms with Crippen molar-refractivity contribution in [2.45, 2.75) is 24.8 Å². The number of thiazole rings is 1. The van der Waals surface area contributed by atoms with E-state index in [0.717, 1.165) is 27.6 Å². The van der Waals surface area contributed by atoms with Gasteiger partial charge in [-0.05, 0) is 36.8 Å². The lowest BCUT2D eigenvalue weighted by atomic mass is 10.0. The summed E-state index contributed by atoms with van der Waals surface area (Å²) in [6.07, 6.45) is 0. The number of fused-ring (bicyclic) bond motifs is 1. The number of benzene rings is 3. The zero-order valence-corrected chi connectivity index (χ0v) is 18.6. The molecule has 0 aliphatic rings. The fourth-order valence-electron chi connectivity index (χ4n) is 3.19. The van der Waals surface area contributed by atoms with Gasteiger partial charge in [0.25, 0.3) is 0 Å². The Morgan fingerprint density at radius 3 is 2.48 bits per heavy atom. The maximum atomic E-state index is 12.6. The summed E-state index contributed by atoms with van der Waals surface area (Å²) in [5.74, 6) is -0.477. The lowest BCUT2D eigenvalue weighted by Crippen LogP contribution is -2.41. The van der Waals surface area contributed by atoms with Crippen molar-refractivity contribution in [1.82, 2.24) is 9.71 Å². The molecule has 1 amide bonds. The number of sulfonamides is 1. The Morgan fingerprint density at radius 2 is 1.71 bits per heavy atom. The van der Waals surface area contributed by atoms with E-state index in [0.29, 0.717) is 5.13 Å². The Bertz CT molecular complexity index is 1340. The number of carbonyl (C=O) groups is 1. The molecule has 1 atom stereocenters. The smallest absolute Gasteiger partial charge is 0.244 e. The standard InChI is InChI=1S/C23H21N3O3S2/c1-15-10-12-18(13-11-15)31(28,29)26-16(2)22(27)25-23-24-21(14-30-23)20-9-5-7-17-6-3-4-8-19(17)20/h3-14,16,26H,1-2H3,(H,24,25,27)/t16-/m1/s1. The third-order valence-electron chi connectivity index (χ3n) is 4.86. The number of anilines is 1. The summed E-state index contributed by atoms with van der Waals surface area (Å²) in [4.78, 5) is 17.2. The van der Waals surface area contributed by atoms with Crippen LogP contribution in [0.3, 0.4) is 0 Å². The summed E-state index contributed by atoms with van der Waals surface area (Å²) in [6, 6.07) is 19.5. The number of nitrogens with one attached hydrogen (secondary N) is 2. The molecule has 8 heteroatoms. The van der Waals surface area contributed by atoms with Gasteiger partial charge in [0.15, 0.2) is 5.13 Å². The number of amides is 1. The maximum Gasteiger partial charge on any atom is 0.244 e. The van der Waals surface area contributed by atoms with Gasteiger partial charge in [-0.1, -0.05) is 60.2 Å². The van der Waals surface area contributed by atoms with Crippen molar-refractivity contribution >= 4 is 43.2 Å². The van der Waals surface area contributed by atoms with E-state index in [-0.39, 0.29) is 4.90 Å². The first kappa shape index (κ1) is 21.2. The molecule has 0 saturated heterocycles. The van der Waals surface area contributed by atoms with Crippen molar-refractivity contribution in [3.05, 3.63) is 77.7 Å². The van der Waals surface area contributed by atoms with Crippen LogP contribution in [-0.4, -0.2) is 25.4 Å². The summed E-state index contributed by atoms with van der Waals surface area (Å²) in [5.41, 5.74) is 2.68. The molecule has 1 heterocycles. The molecule has 0 radical (unpaired) electrons. The van der Waals surface area contributed by atoms with Crippen LogP contribution in [0.25, 0.3) is 22.0 Å². The highest BCUT2D eigenvalue weighted by molar-refractivity contribution is 7.89. The van der Waals surface area contributed by atoms with E-state index < -0.39 is 22.0 Å². The first-order chi connectivity index (χ1) is 14.8. The number of nitrogens with zero attached hydrogens (tertiary/aromatic N) is 1. The second-order valence-electron chi connectivity index (χ2n) is 7.21. The number of carbonyl (C=O) groups excluding carboxylic acids is 1. The van der Waals surface area contributed by atoms with Gasteiger partial charge in [-0.25, -0.2) is 13.4 Å². The molecule has 0 aliphatic heterocycles. The summed E-state index contributed by atoms with van der Waals surface area (Å²) < 4.78 is 27.5. The van der Waals surface area contributed by atoms with Crippen molar-refractivity contribution in [3.8, 4) is 11.3 Å². The average molecular weight is 452 g/mol. The zero-order valence-electron chi connectivity index (χ0n) is 17.0. The van der Waals surface area contributed by atoms with Gasteiger partial charge in [0.05, 0.1) is 16.6 Å². The van der Waals surface area contributed by atoms with Crippen LogP contribution in [0.15, 0.2) is 77.0 Å². The molecule has 4 rings (SSSR count). The number of aryl methyl sites for hydroxylation is 1. The Labute approximate surface area is 185 Å². The Kier molecular flexibility index (Phi) is 5.86. The van der Waals surface area contributed by atoms with Crippen molar-refractivity contribution in [2.24, 2.45) is 0 Å². The van der Waals surface area contributed by atoms with Crippen molar-refractivity contribution in [3.63, 3.8) is 0 Å². The minimum absolute atomic E-state index is 0.116. The summed E-state index contributed by atoms with van der Waals surface area (Å²) >= 11 is 1.29. The molecule has 0 spiro atoms. The van der Waals surface area contributed by atoms with Gasteiger partial charge in [0.2, 0.25) is 15.9 Å². The highest BCUT2D eigenvalue weighted by Gasteiger charge is 2.23. The quantitative estimate of drug-likeness (QED) is 0.449. The Balaban J connectivity index is 1.48. The molecule has 0 saturated carbocycles. The van der Waals surface area contributed by atoms with Crippen LogP contribution in [0, 0.1) is 6.92 Å². The molecule has 0 bridgehead atoms. The van der Waals surface area contributed by atoms with Gasteiger partial charge in [0, 0.05) is 10.9 Å². The molecule has 158 valence electrons. The molecule has 4 aromatic rings. The molecule has 2 N–H and O–H groups in total. The molecule has 31 heavy (non-hydrogen) atoms. The lowest BCUT2D eigenvalue weighted by molar-refractivity contribution is -0.117. The molecule has 6 nitrogen and oxygen atoms in total. The van der Waals surface area contributed by atoms with Crippen LogP contribution < -0.4 is 10.0 Å². The van der Waals surface area contributed by atoms with E-state index in [4.69, 9.17) is 0 Å². The largest absolute Gasteiger partial charge is 0.301 e. The van der Waals surface area contributed by atoms with Crippen LogP contribution in [0.4, 0.5) is 5.13 Å². The molecular formula is C23H21N3O3S2. The topological polar surface area (TPSA) is 88.2 Å². The third-order valence-corrected chi connectivity index (χ3v) is 7.17. The predicted molar refractivity (Wildman–Crippen MR) is 125 cm³/mol. The maximum absolute atomic E-state index is 12.6. The number of rotatable bonds is 6. The SMILES string of the molecule is Cc1ccc(S(=O)(=O)N[C@H](C)C(=O)Nc2nc(-c3cccc4ccccc34)cs2)cc1. The highest BCUT2D eigenvalue weighted by atomic mass is 32.2. The fourth-order valence-corrected chi connectivity index (χ4v) is 5.11. The van der Waals surface area contributed by atoms with Gasteiger partial charge in [-0.2, -0.15) is 4.72 Å². The Hall–Kier alpha value is -3.07. The minimum Gasteiger partial charge on any atom is -0.301 e. The normalized spacial score (nSPS) is 12.6. The van der Waals surface area contributed by atoms with E-state index in [1.165, 1.54) is 30.4 Å². The molecule has 0 fully saturated rings. The third kappa shape index (κ3) is 4.66. The first-order valence-electron chi connectivity index (χ1n) is 9.67. The van der Waals surface area contributed by atoms with E-state index in [9.17, 15) is 13.2 Å². The van der Waals surface area contributed by atoms with E-state index in [1.54, 1.807) is 12.1 Å². The van der Waals surface area contributed by atoms with Gasteiger partial charge in [0.1, 0.15) is 0 Å². The van der Waals surface area contributed by atoms with Gasteiger partial charge < -0.3 is 5.32 Å². The van der Waals surface area contributed by atoms with E-state index in [1.807, 2.05) is 54.8 Å². The van der Waals surface area contributed by atoms with Gasteiger partial charge >= 0.3 is 0 Å². The van der Waals surface area contributed by atoms with Crippen LogP contribution in [0.1, 0.15) is 12.5 Å². The molecule has 3 aromatic carbocycles. The van der Waals surface area contributed by atoms with Crippen molar-refractivity contribution < 1.29 is 13.2 Å². The number of hydrogen-bond acceptors (Lipinski definition) is 5. The van der Waals surface area contributed by atoms with Crippen molar-refractivity contribution in [2.75, 3.05) is 5.32 Å². The van der Waals surface area contributed by atoms with Crippen LogP contribution in [-0.2, 0) is 14.8 Å². The predicted octanol–water partition coefficient (Wildman–Crippen LogP) is 4.58. The van der Waals surface area contributed by atoms with E-state index >= 15 is 0 Å². The van der Waals surface area contributed by atoms with Crippen LogP contribution in [0.2, 0.25) is 0 Å². The van der Waals surface area contributed by atoms with E-state index in [2.05, 4.69) is 15.0 Å². The van der Waals surface area contributed by atoms with Gasteiger partial charge in [-0.3, -0.25) is 4.79 Å². The molecule has 0 aliphatic carbocycles. The fraction of sp³-hybridized carbons (Fsp3) is 0.130. The van der Waals surface area contributed by atoms with Crippen molar-refractivity contribution in [1.29, 1.82) is 0 Å². The first-order valence-corrected chi connectivity index (χ1v) is 12.0. The second-order valence-corrected chi connectivity index (χ2v) is 9.78. The number of hydrogen-bond donors (Lipinski definition) is 2. The van der Waals surface area contributed by atoms with Crippen LogP contribution >= 0.6 is 11.3 Å². The minimum atomic E-state index is -3.80. The molecule has 1 aromatic heterocycles. The molecule has 0 unspecified atom stereocenters. The molecular weight excluding hydrogens is 430 g/mol. The van der Waals surface area contributed by atoms with Crippen LogP contribution in [0.5, 0.6) is 0 Å². The summed E-state index contributed by atoms with van der Waals surface area (Å²) in [5, 5.41) is 7.17. The Morgan fingerprint density at radius 1 is 1.00 bits per heavy atom. The monoisotopic (exact) mass is 451 g/mol. The number of aromatic nitrogens is 1. The highest BCUT2D eigenvalue weighted by Crippen LogP contribution is 2.31. The van der Waals surface area contributed by atoms with Gasteiger partial charge in [-0.15, -0.1) is 11.3 Å². The summed E-state index contributed by atoms with van der Waals surface area (Å²) in [6.45, 7) is 3.38. The average Bonchev–Trinajstić information content (AvgIpc) is 3.21. The zero-order chi connectivity index (χ0) is 22.0.